The molecule has 98 valence electrons. The molecular formula is C13H24N2O2. The number of hydrogen-bond donors (Lipinski definition) is 1. The van der Waals surface area contributed by atoms with Gasteiger partial charge in [0.15, 0.2) is 0 Å². The molecule has 2 aliphatic heterocycles. The molecule has 0 bridgehead atoms. The van der Waals surface area contributed by atoms with Gasteiger partial charge in [-0.1, -0.05) is 0 Å². The maximum atomic E-state index is 12.6. The second-order valence-electron chi connectivity index (χ2n) is 5.56. The molecule has 2 rings (SSSR count). The summed E-state index contributed by atoms with van der Waals surface area (Å²) >= 11 is 0. The van der Waals surface area contributed by atoms with Gasteiger partial charge in [-0.05, 0) is 46.1 Å². The number of rotatable bonds is 2. The van der Waals surface area contributed by atoms with Gasteiger partial charge in [0, 0.05) is 13.7 Å². The van der Waals surface area contributed by atoms with Gasteiger partial charge in [0.2, 0.25) is 5.91 Å². The highest BCUT2D eigenvalue weighted by Gasteiger charge is 2.40. The van der Waals surface area contributed by atoms with Crippen molar-refractivity contribution in [3.05, 3.63) is 0 Å². The fourth-order valence-electron chi connectivity index (χ4n) is 3.01. The summed E-state index contributed by atoms with van der Waals surface area (Å²) in [4.78, 5) is 14.5. The molecular weight excluding hydrogens is 216 g/mol. The Bertz CT molecular complexity index is 287. The minimum Gasteiger partial charge on any atom is -0.376 e. The Labute approximate surface area is 104 Å². The lowest BCUT2D eigenvalue weighted by Crippen LogP contribution is -2.59. The van der Waals surface area contributed by atoms with E-state index in [0.29, 0.717) is 0 Å². The van der Waals surface area contributed by atoms with E-state index in [1.807, 2.05) is 18.9 Å². The van der Waals surface area contributed by atoms with Crippen LogP contribution in [0.3, 0.4) is 0 Å². The number of carbonyl (C=O) groups excluding carboxylic acids is 1. The van der Waals surface area contributed by atoms with Crippen LogP contribution in [0, 0.1) is 0 Å². The van der Waals surface area contributed by atoms with Crippen molar-refractivity contribution in [2.75, 3.05) is 20.2 Å². The minimum atomic E-state index is -0.366. The predicted octanol–water partition coefficient (Wildman–Crippen LogP) is 1.15. The molecule has 0 aromatic heterocycles. The molecule has 0 aromatic rings. The van der Waals surface area contributed by atoms with Crippen LogP contribution < -0.4 is 5.32 Å². The van der Waals surface area contributed by atoms with Crippen LogP contribution in [-0.4, -0.2) is 48.7 Å². The first kappa shape index (κ1) is 12.8. The molecule has 0 aliphatic carbocycles. The van der Waals surface area contributed by atoms with Crippen molar-refractivity contribution >= 4 is 5.91 Å². The van der Waals surface area contributed by atoms with Crippen LogP contribution in [0.2, 0.25) is 0 Å². The van der Waals surface area contributed by atoms with Gasteiger partial charge in [-0.25, -0.2) is 0 Å². The second kappa shape index (κ2) is 4.94. The number of piperidine rings is 1. The molecule has 1 amide bonds. The molecule has 2 heterocycles. The van der Waals surface area contributed by atoms with Gasteiger partial charge in [0.1, 0.15) is 0 Å². The van der Waals surface area contributed by atoms with Crippen LogP contribution >= 0.6 is 0 Å². The van der Waals surface area contributed by atoms with Crippen LogP contribution in [0.5, 0.6) is 0 Å². The van der Waals surface area contributed by atoms with Crippen LogP contribution in [0.4, 0.5) is 0 Å². The van der Waals surface area contributed by atoms with Crippen molar-refractivity contribution < 1.29 is 9.53 Å². The molecule has 1 N–H and O–H groups in total. The summed E-state index contributed by atoms with van der Waals surface area (Å²) in [5.41, 5.74) is -0.366. The van der Waals surface area contributed by atoms with Crippen molar-refractivity contribution in [3.63, 3.8) is 0 Å². The summed E-state index contributed by atoms with van der Waals surface area (Å²) in [6, 6.07) is 0.239. The third kappa shape index (κ3) is 2.47. The van der Waals surface area contributed by atoms with Crippen LogP contribution in [0.1, 0.15) is 39.5 Å². The highest BCUT2D eigenvalue weighted by molar-refractivity contribution is 5.86. The monoisotopic (exact) mass is 240 g/mol. The standard InChI is InChI=1S/C13H24N2O2/c1-10-11(6-9-17-10)15(3)12(16)13(2)7-4-5-8-14-13/h10-11,14H,4-9H2,1-3H3. The van der Waals surface area contributed by atoms with Crippen molar-refractivity contribution in [1.82, 2.24) is 10.2 Å². The molecule has 0 spiro atoms. The first-order valence-electron chi connectivity index (χ1n) is 6.68. The summed E-state index contributed by atoms with van der Waals surface area (Å²) in [5, 5.41) is 3.38. The zero-order chi connectivity index (χ0) is 12.5. The highest BCUT2D eigenvalue weighted by atomic mass is 16.5. The van der Waals surface area contributed by atoms with Crippen molar-refractivity contribution in [2.24, 2.45) is 0 Å². The summed E-state index contributed by atoms with van der Waals surface area (Å²) in [6.07, 6.45) is 4.38. The van der Waals surface area contributed by atoms with Gasteiger partial charge >= 0.3 is 0 Å². The van der Waals surface area contributed by atoms with E-state index in [0.717, 1.165) is 32.4 Å². The Balaban J connectivity index is 2.03. The molecule has 3 atom stereocenters. The molecule has 17 heavy (non-hydrogen) atoms. The third-order valence-electron chi connectivity index (χ3n) is 4.24. The van der Waals surface area contributed by atoms with Crippen LogP contribution in [0.25, 0.3) is 0 Å². The number of amides is 1. The zero-order valence-corrected chi connectivity index (χ0v) is 11.2. The Morgan fingerprint density at radius 2 is 2.24 bits per heavy atom. The summed E-state index contributed by atoms with van der Waals surface area (Å²) in [5.74, 6) is 0.222. The van der Waals surface area contributed by atoms with E-state index < -0.39 is 0 Å². The third-order valence-corrected chi connectivity index (χ3v) is 4.24. The van der Waals surface area contributed by atoms with E-state index in [4.69, 9.17) is 4.74 Å². The summed E-state index contributed by atoms with van der Waals surface area (Å²) in [7, 11) is 1.92. The van der Waals surface area contributed by atoms with E-state index in [9.17, 15) is 4.79 Å². The topological polar surface area (TPSA) is 41.6 Å². The molecule has 0 radical (unpaired) electrons. The van der Waals surface area contributed by atoms with Gasteiger partial charge in [0.05, 0.1) is 17.7 Å². The van der Waals surface area contributed by atoms with E-state index in [1.54, 1.807) is 0 Å². The first-order valence-corrected chi connectivity index (χ1v) is 6.68. The average Bonchev–Trinajstić information content (AvgIpc) is 2.74. The molecule has 2 saturated heterocycles. The fraction of sp³-hybridized carbons (Fsp3) is 0.923. The number of nitrogens with one attached hydrogen (secondary N) is 1. The van der Waals surface area contributed by atoms with Gasteiger partial charge < -0.3 is 15.0 Å². The van der Waals surface area contributed by atoms with E-state index in [1.165, 1.54) is 6.42 Å². The second-order valence-corrected chi connectivity index (χ2v) is 5.56. The lowest BCUT2D eigenvalue weighted by atomic mass is 9.89. The molecule has 0 aromatic carbocycles. The van der Waals surface area contributed by atoms with Gasteiger partial charge in [-0.3, -0.25) is 4.79 Å². The number of nitrogens with zero attached hydrogens (tertiary/aromatic N) is 1. The van der Waals surface area contributed by atoms with Crippen molar-refractivity contribution in [1.29, 1.82) is 0 Å². The predicted molar refractivity (Wildman–Crippen MR) is 66.8 cm³/mol. The smallest absolute Gasteiger partial charge is 0.242 e. The quantitative estimate of drug-likeness (QED) is 0.787. The zero-order valence-electron chi connectivity index (χ0n) is 11.2. The largest absolute Gasteiger partial charge is 0.376 e. The molecule has 4 heteroatoms. The van der Waals surface area contributed by atoms with Gasteiger partial charge in [0.25, 0.3) is 0 Å². The lowest BCUT2D eigenvalue weighted by Gasteiger charge is -2.39. The van der Waals surface area contributed by atoms with Gasteiger partial charge in [-0.15, -0.1) is 0 Å². The van der Waals surface area contributed by atoms with E-state index >= 15 is 0 Å². The van der Waals surface area contributed by atoms with E-state index in [-0.39, 0.29) is 23.6 Å². The normalized spacial score (nSPS) is 38.1. The molecule has 0 saturated carbocycles. The Kier molecular flexibility index (Phi) is 3.73. The molecule has 2 fully saturated rings. The minimum absolute atomic E-state index is 0.163. The highest BCUT2D eigenvalue weighted by Crippen LogP contribution is 2.25. The molecule has 4 nitrogen and oxygen atoms in total. The molecule has 2 aliphatic rings. The molecule has 3 unspecified atom stereocenters. The number of hydrogen-bond acceptors (Lipinski definition) is 3. The van der Waals surface area contributed by atoms with Crippen molar-refractivity contribution in [3.8, 4) is 0 Å². The number of ether oxygens (including phenoxy) is 1. The van der Waals surface area contributed by atoms with Gasteiger partial charge in [-0.2, -0.15) is 0 Å². The Morgan fingerprint density at radius 3 is 2.76 bits per heavy atom. The average molecular weight is 240 g/mol. The maximum absolute atomic E-state index is 12.6. The Morgan fingerprint density at radius 1 is 1.47 bits per heavy atom. The van der Waals surface area contributed by atoms with Crippen molar-refractivity contribution in [2.45, 2.75) is 57.2 Å². The van der Waals surface area contributed by atoms with E-state index in [2.05, 4.69) is 12.2 Å². The van der Waals surface area contributed by atoms with Crippen LogP contribution in [0.15, 0.2) is 0 Å². The summed E-state index contributed by atoms with van der Waals surface area (Å²) < 4.78 is 5.54. The lowest BCUT2D eigenvalue weighted by molar-refractivity contribution is -0.140. The SMILES string of the molecule is CC1OCCC1N(C)C(=O)C1(C)CCCCN1. The Hall–Kier alpha value is -0.610. The summed E-state index contributed by atoms with van der Waals surface area (Å²) in [6.45, 7) is 5.81. The fourth-order valence-corrected chi connectivity index (χ4v) is 3.01. The first-order chi connectivity index (χ1) is 8.04. The number of carbonyl (C=O) groups is 1. The van der Waals surface area contributed by atoms with Crippen LogP contribution in [-0.2, 0) is 9.53 Å². The number of likely N-dealkylation sites (N-methyl/N-ethyl adjacent to an activating group) is 1. The maximum Gasteiger partial charge on any atom is 0.242 e.